The number of anilines is 2. The minimum absolute atomic E-state index is 0.878. The van der Waals surface area contributed by atoms with Gasteiger partial charge in [0.15, 0.2) is 0 Å². The first kappa shape index (κ1) is 11.1. The van der Waals surface area contributed by atoms with Gasteiger partial charge < -0.3 is 10.6 Å². The molecular formula is C14H20N2. The van der Waals surface area contributed by atoms with Crippen molar-refractivity contribution in [3.05, 3.63) is 35.4 Å². The third-order valence-corrected chi connectivity index (χ3v) is 3.04. The van der Waals surface area contributed by atoms with Gasteiger partial charge in [-0.05, 0) is 50.5 Å². The Bertz CT molecular complexity index is 403. The van der Waals surface area contributed by atoms with Crippen molar-refractivity contribution in [2.45, 2.75) is 26.7 Å². The van der Waals surface area contributed by atoms with E-state index in [-0.39, 0.29) is 0 Å². The maximum Gasteiger partial charge on any atom is 0.0403 e. The van der Waals surface area contributed by atoms with Crippen LogP contribution in [-0.2, 0) is 6.42 Å². The zero-order chi connectivity index (χ0) is 11.5. The van der Waals surface area contributed by atoms with E-state index < -0.39 is 0 Å². The van der Waals surface area contributed by atoms with Gasteiger partial charge in [-0.3, -0.25) is 0 Å². The van der Waals surface area contributed by atoms with Crippen LogP contribution >= 0.6 is 0 Å². The second-order valence-corrected chi connectivity index (χ2v) is 4.72. The molecule has 1 heterocycles. The SMILES string of the molecule is CC(C)=CCN1CCCc2cc(N)ccc21. The number of benzene rings is 1. The van der Waals surface area contributed by atoms with E-state index in [1.54, 1.807) is 0 Å². The number of nitrogen functional groups attached to an aromatic ring is 1. The molecule has 2 rings (SSSR count). The summed E-state index contributed by atoms with van der Waals surface area (Å²) >= 11 is 0. The molecule has 16 heavy (non-hydrogen) atoms. The molecule has 0 unspecified atom stereocenters. The summed E-state index contributed by atoms with van der Waals surface area (Å²) in [6.45, 7) is 6.46. The van der Waals surface area contributed by atoms with Gasteiger partial charge in [0.2, 0.25) is 0 Å². The normalized spacial score (nSPS) is 14.5. The van der Waals surface area contributed by atoms with Gasteiger partial charge in [-0.2, -0.15) is 0 Å². The molecular weight excluding hydrogens is 196 g/mol. The Morgan fingerprint density at radius 1 is 1.44 bits per heavy atom. The predicted octanol–water partition coefficient (Wildman–Crippen LogP) is 2.99. The lowest BCUT2D eigenvalue weighted by Crippen LogP contribution is -2.29. The summed E-state index contributed by atoms with van der Waals surface area (Å²) in [5.74, 6) is 0. The smallest absolute Gasteiger partial charge is 0.0403 e. The largest absolute Gasteiger partial charge is 0.399 e. The van der Waals surface area contributed by atoms with Gasteiger partial charge in [0.25, 0.3) is 0 Å². The summed E-state index contributed by atoms with van der Waals surface area (Å²) in [6, 6.07) is 6.27. The maximum absolute atomic E-state index is 5.82. The van der Waals surface area contributed by atoms with Crippen molar-refractivity contribution in [2.24, 2.45) is 0 Å². The van der Waals surface area contributed by atoms with E-state index in [0.717, 1.165) is 25.2 Å². The summed E-state index contributed by atoms with van der Waals surface area (Å²) in [4.78, 5) is 2.44. The van der Waals surface area contributed by atoms with Gasteiger partial charge in [0.05, 0.1) is 0 Å². The van der Waals surface area contributed by atoms with Crippen LogP contribution in [0.2, 0.25) is 0 Å². The van der Waals surface area contributed by atoms with Crippen molar-refractivity contribution in [3.8, 4) is 0 Å². The molecule has 0 atom stereocenters. The number of fused-ring (bicyclic) bond motifs is 1. The topological polar surface area (TPSA) is 29.3 Å². The first-order valence-electron chi connectivity index (χ1n) is 5.93. The molecule has 0 radical (unpaired) electrons. The van der Waals surface area contributed by atoms with E-state index >= 15 is 0 Å². The standard InChI is InChI=1S/C14H20N2/c1-11(2)7-9-16-8-3-4-12-10-13(15)5-6-14(12)16/h5-7,10H,3-4,8-9,15H2,1-2H3. The van der Waals surface area contributed by atoms with Gasteiger partial charge in [-0.15, -0.1) is 0 Å². The Labute approximate surface area is 97.8 Å². The van der Waals surface area contributed by atoms with Crippen LogP contribution < -0.4 is 10.6 Å². The number of hydrogen-bond acceptors (Lipinski definition) is 2. The summed E-state index contributed by atoms with van der Waals surface area (Å²) in [5.41, 5.74) is 10.8. The Morgan fingerprint density at radius 2 is 2.25 bits per heavy atom. The molecule has 0 spiro atoms. The highest BCUT2D eigenvalue weighted by atomic mass is 15.1. The lowest BCUT2D eigenvalue weighted by molar-refractivity contribution is 0.721. The van der Waals surface area contributed by atoms with Gasteiger partial charge in [0.1, 0.15) is 0 Å². The van der Waals surface area contributed by atoms with Crippen molar-refractivity contribution in [2.75, 3.05) is 23.7 Å². The first-order valence-corrected chi connectivity index (χ1v) is 5.93. The van der Waals surface area contributed by atoms with Crippen LogP contribution in [0.15, 0.2) is 29.8 Å². The molecule has 0 saturated carbocycles. The molecule has 0 aromatic heterocycles. The van der Waals surface area contributed by atoms with E-state index in [1.807, 2.05) is 6.07 Å². The van der Waals surface area contributed by atoms with E-state index in [1.165, 1.54) is 23.2 Å². The van der Waals surface area contributed by atoms with E-state index in [2.05, 4.69) is 37.0 Å². The third kappa shape index (κ3) is 2.38. The highest BCUT2D eigenvalue weighted by molar-refractivity contribution is 5.61. The molecule has 1 aliphatic heterocycles. The molecule has 1 aliphatic rings. The molecule has 2 heteroatoms. The highest BCUT2D eigenvalue weighted by Crippen LogP contribution is 2.28. The molecule has 2 N–H and O–H groups in total. The lowest BCUT2D eigenvalue weighted by atomic mass is 10.0. The van der Waals surface area contributed by atoms with Crippen LogP contribution in [0.25, 0.3) is 0 Å². The second-order valence-electron chi connectivity index (χ2n) is 4.72. The number of hydrogen-bond donors (Lipinski definition) is 1. The van der Waals surface area contributed by atoms with Crippen molar-refractivity contribution in [1.29, 1.82) is 0 Å². The van der Waals surface area contributed by atoms with Crippen LogP contribution in [-0.4, -0.2) is 13.1 Å². The number of allylic oxidation sites excluding steroid dienone is 1. The molecule has 1 aromatic carbocycles. The number of aryl methyl sites for hydroxylation is 1. The van der Waals surface area contributed by atoms with Gasteiger partial charge in [0, 0.05) is 24.5 Å². The maximum atomic E-state index is 5.82. The zero-order valence-corrected chi connectivity index (χ0v) is 10.2. The highest BCUT2D eigenvalue weighted by Gasteiger charge is 2.15. The van der Waals surface area contributed by atoms with Crippen LogP contribution in [0, 0.1) is 0 Å². The van der Waals surface area contributed by atoms with Crippen LogP contribution in [0.3, 0.4) is 0 Å². The second kappa shape index (κ2) is 4.60. The van der Waals surface area contributed by atoms with Crippen LogP contribution in [0.1, 0.15) is 25.8 Å². The lowest BCUT2D eigenvalue weighted by Gasteiger charge is -2.30. The molecule has 2 nitrogen and oxygen atoms in total. The molecule has 86 valence electrons. The Hall–Kier alpha value is -1.44. The number of nitrogens with zero attached hydrogens (tertiary/aromatic N) is 1. The molecule has 0 saturated heterocycles. The summed E-state index contributed by atoms with van der Waals surface area (Å²) < 4.78 is 0. The molecule has 0 amide bonds. The summed E-state index contributed by atoms with van der Waals surface area (Å²) in [6.07, 6.45) is 4.67. The van der Waals surface area contributed by atoms with E-state index in [4.69, 9.17) is 5.73 Å². The molecule has 0 aliphatic carbocycles. The molecule has 1 aromatic rings. The van der Waals surface area contributed by atoms with Crippen LogP contribution in [0.4, 0.5) is 11.4 Å². The predicted molar refractivity (Wildman–Crippen MR) is 70.8 cm³/mol. The van der Waals surface area contributed by atoms with Crippen molar-refractivity contribution >= 4 is 11.4 Å². The number of nitrogens with two attached hydrogens (primary N) is 1. The van der Waals surface area contributed by atoms with Gasteiger partial charge in [-0.25, -0.2) is 0 Å². The minimum Gasteiger partial charge on any atom is -0.399 e. The summed E-state index contributed by atoms with van der Waals surface area (Å²) in [7, 11) is 0. The van der Waals surface area contributed by atoms with Crippen LogP contribution in [0.5, 0.6) is 0 Å². The number of rotatable bonds is 2. The minimum atomic E-state index is 0.878. The van der Waals surface area contributed by atoms with Crippen molar-refractivity contribution < 1.29 is 0 Å². The Kier molecular flexibility index (Phi) is 3.18. The van der Waals surface area contributed by atoms with Gasteiger partial charge >= 0.3 is 0 Å². The average molecular weight is 216 g/mol. The Morgan fingerprint density at radius 3 is 3.00 bits per heavy atom. The Balaban J connectivity index is 2.23. The van der Waals surface area contributed by atoms with Gasteiger partial charge in [-0.1, -0.05) is 11.6 Å². The molecule has 0 bridgehead atoms. The summed E-state index contributed by atoms with van der Waals surface area (Å²) in [5, 5.41) is 0. The fourth-order valence-electron chi connectivity index (χ4n) is 2.18. The fourth-order valence-corrected chi connectivity index (χ4v) is 2.18. The first-order chi connectivity index (χ1) is 7.66. The van der Waals surface area contributed by atoms with E-state index in [0.29, 0.717) is 0 Å². The monoisotopic (exact) mass is 216 g/mol. The van der Waals surface area contributed by atoms with Crippen molar-refractivity contribution in [1.82, 2.24) is 0 Å². The molecule has 0 fully saturated rings. The quantitative estimate of drug-likeness (QED) is 0.608. The van der Waals surface area contributed by atoms with Crippen molar-refractivity contribution in [3.63, 3.8) is 0 Å². The zero-order valence-electron chi connectivity index (χ0n) is 10.2. The third-order valence-electron chi connectivity index (χ3n) is 3.04. The average Bonchev–Trinajstić information content (AvgIpc) is 2.25. The van der Waals surface area contributed by atoms with E-state index in [9.17, 15) is 0 Å². The fraction of sp³-hybridized carbons (Fsp3) is 0.429.